The Kier molecular flexibility index (Phi) is 7.02. The Morgan fingerprint density at radius 1 is 1.11 bits per heavy atom. The second kappa shape index (κ2) is 10.4. The third-order valence-electron chi connectivity index (χ3n) is 6.38. The van der Waals surface area contributed by atoms with E-state index in [-0.39, 0.29) is 30.2 Å². The molecule has 1 atom stereocenters. The molecule has 0 spiro atoms. The molecule has 0 radical (unpaired) electrons. The number of nitrogens with zero attached hydrogens (tertiary/aromatic N) is 3. The van der Waals surface area contributed by atoms with Crippen LogP contribution in [0.3, 0.4) is 0 Å². The lowest BCUT2D eigenvalue weighted by Crippen LogP contribution is -2.30. The molecule has 0 N–H and O–H groups in total. The van der Waals surface area contributed by atoms with E-state index in [4.69, 9.17) is 14.2 Å². The van der Waals surface area contributed by atoms with E-state index in [0.717, 1.165) is 36.2 Å². The first-order chi connectivity index (χ1) is 18.2. The number of fused-ring (bicyclic) bond motifs is 2. The number of ether oxygens (including phenoxy) is 3. The number of alkyl halides is 3. The standard InChI is InChI=1S/C27H23F4N3O4/c1-36-18-6-7-19-17(14-18)9-11-34-21(19)15-25(33-26(34)35)37-12-10-16-5-8-22(20(28)13-16)38-24-4-2-3-23(32-24)27(29,30)31/h2-8,13,15,18H,9-12,14H2,1H3. The maximum atomic E-state index is 14.6. The number of allylic oxidation sites excluding steroid dienone is 2. The summed E-state index contributed by atoms with van der Waals surface area (Å²) in [5.74, 6) is -1.22. The van der Waals surface area contributed by atoms with E-state index in [1.807, 2.05) is 12.2 Å². The number of aromatic nitrogens is 3. The van der Waals surface area contributed by atoms with Crippen LogP contribution in [0.1, 0.15) is 29.8 Å². The Morgan fingerprint density at radius 3 is 2.71 bits per heavy atom. The maximum absolute atomic E-state index is 14.6. The molecule has 2 aromatic heterocycles. The van der Waals surface area contributed by atoms with E-state index in [0.29, 0.717) is 18.5 Å². The zero-order valence-electron chi connectivity index (χ0n) is 20.3. The monoisotopic (exact) mass is 529 g/mol. The molecule has 0 saturated carbocycles. The summed E-state index contributed by atoms with van der Waals surface area (Å²) in [6, 6.07) is 8.96. The highest BCUT2D eigenvalue weighted by Crippen LogP contribution is 2.35. The highest BCUT2D eigenvalue weighted by molar-refractivity contribution is 5.77. The number of benzene rings is 1. The van der Waals surface area contributed by atoms with E-state index >= 15 is 0 Å². The molecular weight excluding hydrogens is 506 g/mol. The van der Waals surface area contributed by atoms with Crippen LogP contribution in [0.15, 0.2) is 65.0 Å². The maximum Gasteiger partial charge on any atom is 0.433 e. The van der Waals surface area contributed by atoms with Gasteiger partial charge in [-0.3, -0.25) is 4.57 Å². The quantitative estimate of drug-likeness (QED) is 0.385. The zero-order valence-corrected chi connectivity index (χ0v) is 20.3. The van der Waals surface area contributed by atoms with Gasteiger partial charge in [-0.1, -0.05) is 29.9 Å². The van der Waals surface area contributed by atoms with Crippen molar-refractivity contribution < 1.29 is 31.8 Å². The average molecular weight is 529 g/mol. The molecule has 0 saturated heterocycles. The Bertz CT molecular complexity index is 1480. The highest BCUT2D eigenvalue weighted by Gasteiger charge is 2.32. The van der Waals surface area contributed by atoms with Gasteiger partial charge in [0.1, 0.15) is 5.69 Å². The first-order valence-corrected chi connectivity index (χ1v) is 11.9. The summed E-state index contributed by atoms with van der Waals surface area (Å²) in [5, 5.41) is 0. The molecule has 1 aliphatic carbocycles. The first kappa shape index (κ1) is 25.7. The number of hydrogen-bond acceptors (Lipinski definition) is 6. The molecule has 38 heavy (non-hydrogen) atoms. The second-order valence-electron chi connectivity index (χ2n) is 8.84. The van der Waals surface area contributed by atoms with Crippen LogP contribution < -0.4 is 15.2 Å². The van der Waals surface area contributed by atoms with Crippen LogP contribution in [-0.2, 0) is 23.9 Å². The van der Waals surface area contributed by atoms with Crippen molar-refractivity contribution in [3.63, 3.8) is 0 Å². The largest absolute Gasteiger partial charge is 0.477 e. The summed E-state index contributed by atoms with van der Waals surface area (Å²) in [6.45, 7) is 0.659. The number of halogens is 4. The predicted molar refractivity (Wildman–Crippen MR) is 130 cm³/mol. The van der Waals surface area contributed by atoms with Crippen molar-refractivity contribution in [2.45, 2.75) is 38.1 Å². The van der Waals surface area contributed by atoms with Gasteiger partial charge in [-0.15, -0.1) is 0 Å². The van der Waals surface area contributed by atoms with Gasteiger partial charge in [0.2, 0.25) is 11.8 Å². The Morgan fingerprint density at radius 2 is 1.95 bits per heavy atom. The minimum atomic E-state index is -4.64. The summed E-state index contributed by atoms with van der Waals surface area (Å²) in [5.41, 5.74) is 1.96. The summed E-state index contributed by atoms with van der Waals surface area (Å²) in [4.78, 5) is 20.0. The van der Waals surface area contributed by atoms with E-state index in [1.54, 1.807) is 23.8 Å². The predicted octanol–water partition coefficient (Wildman–Crippen LogP) is 5.34. The molecule has 3 heterocycles. The topological polar surface area (TPSA) is 75.5 Å². The van der Waals surface area contributed by atoms with Crippen LogP contribution in [0.5, 0.6) is 17.5 Å². The molecule has 0 bridgehead atoms. The van der Waals surface area contributed by atoms with Gasteiger partial charge in [-0.05, 0) is 42.2 Å². The first-order valence-electron chi connectivity index (χ1n) is 11.9. The van der Waals surface area contributed by atoms with E-state index in [9.17, 15) is 22.4 Å². The van der Waals surface area contributed by atoms with E-state index in [1.165, 1.54) is 23.8 Å². The Labute approximate surface area is 215 Å². The third-order valence-corrected chi connectivity index (χ3v) is 6.38. The fourth-order valence-electron chi connectivity index (χ4n) is 4.45. The zero-order chi connectivity index (χ0) is 26.9. The number of rotatable bonds is 7. The minimum absolute atomic E-state index is 0.0167. The fraction of sp³-hybridized carbons (Fsp3) is 0.296. The summed E-state index contributed by atoms with van der Waals surface area (Å²) in [7, 11) is 1.66. The van der Waals surface area contributed by atoms with E-state index in [2.05, 4.69) is 9.97 Å². The van der Waals surface area contributed by atoms with Crippen molar-refractivity contribution in [1.29, 1.82) is 0 Å². The van der Waals surface area contributed by atoms with Crippen molar-refractivity contribution >= 4 is 5.57 Å². The lowest BCUT2D eigenvalue weighted by Gasteiger charge is -2.28. The molecule has 3 aromatic rings. The Hall–Kier alpha value is -3.99. The molecular formula is C27H23F4N3O4. The second-order valence-corrected chi connectivity index (χ2v) is 8.84. The molecule has 2 aliphatic rings. The van der Waals surface area contributed by atoms with Gasteiger partial charge in [-0.2, -0.15) is 18.2 Å². The SMILES string of the molecule is COC1C=CC2=C(CCn3c2cc(OCCc2ccc(Oc4cccc(C(F)(F)F)n4)c(F)c2)nc3=O)C1. The van der Waals surface area contributed by atoms with Crippen molar-refractivity contribution in [2.75, 3.05) is 13.7 Å². The molecule has 5 rings (SSSR count). The number of pyridine rings is 1. The van der Waals surface area contributed by atoms with Crippen molar-refractivity contribution in [1.82, 2.24) is 14.5 Å². The third kappa shape index (κ3) is 5.47. The Balaban J connectivity index is 1.24. The molecule has 0 amide bonds. The summed E-state index contributed by atoms with van der Waals surface area (Å²) >= 11 is 0. The van der Waals surface area contributed by atoms with Crippen LogP contribution in [0.4, 0.5) is 17.6 Å². The van der Waals surface area contributed by atoms with Gasteiger partial charge >= 0.3 is 11.9 Å². The van der Waals surface area contributed by atoms with Gasteiger partial charge < -0.3 is 14.2 Å². The van der Waals surface area contributed by atoms with Crippen LogP contribution >= 0.6 is 0 Å². The highest BCUT2D eigenvalue weighted by atomic mass is 19.4. The van der Waals surface area contributed by atoms with Crippen LogP contribution in [-0.4, -0.2) is 34.4 Å². The van der Waals surface area contributed by atoms with Gasteiger partial charge in [-0.25, -0.2) is 14.2 Å². The van der Waals surface area contributed by atoms with Crippen LogP contribution in [0.2, 0.25) is 0 Å². The van der Waals surface area contributed by atoms with Crippen molar-refractivity contribution in [2.24, 2.45) is 0 Å². The average Bonchev–Trinajstić information content (AvgIpc) is 2.89. The molecule has 1 aromatic carbocycles. The molecule has 0 fully saturated rings. The van der Waals surface area contributed by atoms with Crippen molar-refractivity contribution in [3.05, 3.63) is 93.4 Å². The normalized spacial score (nSPS) is 16.7. The lowest BCUT2D eigenvalue weighted by molar-refractivity contribution is -0.141. The van der Waals surface area contributed by atoms with Gasteiger partial charge in [0.25, 0.3) is 0 Å². The summed E-state index contributed by atoms with van der Waals surface area (Å²) < 4.78 is 71.1. The van der Waals surface area contributed by atoms with Crippen LogP contribution in [0, 0.1) is 5.82 Å². The number of methoxy groups -OCH3 is 1. The van der Waals surface area contributed by atoms with Crippen LogP contribution in [0.25, 0.3) is 5.57 Å². The molecule has 198 valence electrons. The molecule has 7 nitrogen and oxygen atoms in total. The van der Waals surface area contributed by atoms with E-state index < -0.39 is 23.4 Å². The molecule has 1 unspecified atom stereocenters. The lowest BCUT2D eigenvalue weighted by atomic mass is 9.89. The fourth-order valence-corrected chi connectivity index (χ4v) is 4.45. The molecule has 11 heteroatoms. The smallest absolute Gasteiger partial charge is 0.433 e. The van der Waals surface area contributed by atoms with Gasteiger partial charge in [0, 0.05) is 32.2 Å². The van der Waals surface area contributed by atoms with Gasteiger partial charge in [0.05, 0.1) is 18.4 Å². The summed E-state index contributed by atoms with van der Waals surface area (Å²) in [6.07, 6.45) is 1.12. The minimum Gasteiger partial charge on any atom is -0.477 e. The van der Waals surface area contributed by atoms with Crippen molar-refractivity contribution in [3.8, 4) is 17.5 Å². The molecule has 1 aliphatic heterocycles. The van der Waals surface area contributed by atoms with Gasteiger partial charge in [0.15, 0.2) is 11.6 Å². The number of hydrogen-bond donors (Lipinski definition) is 0.